The fourth-order valence-electron chi connectivity index (χ4n) is 1.43. The molecule has 0 aromatic carbocycles. The number of aromatic nitrogens is 3. The Bertz CT molecular complexity index is 438. The van der Waals surface area contributed by atoms with Gasteiger partial charge in [-0.3, -0.25) is 0 Å². The van der Waals surface area contributed by atoms with Crippen molar-refractivity contribution in [2.75, 3.05) is 5.32 Å². The minimum absolute atomic E-state index is 0.675. The molecule has 0 spiro atoms. The van der Waals surface area contributed by atoms with Crippen molar-refractivity contribution in [2.24, 2.45) is 0 Å². The molecule has 0 aliphatic carbocycles. The van der Waals surface area contributed by atoms with Gasteiger partial charge < -0.3 is 14.8 Å². The molecule has 0 aliphatic heterocycles. The molecule has 5 heteroatoms. The van der Waals surface area contributed by atoms with E-state index in [1.54, 1.807) is 6.20 Å². The molecule has 0 unspecified atom stereocenters. The van der Waals surface area contributed by atoms with E-state index >= 15 is 0 Å². The third-order valence-corrected chi connectivity index (χ3v) is 2.32. The lowest BCUT2D eigenvalue weighted by Gasteiger charge is -2.01. The van der Waals surface area contributed by atoms with Gasteiger partial charge in [-0.1, -0.05) is 5.16 Å². The summed E-state index contributed by atoms with van der Waals surface area (Å²) in [6, 6.07) is 0. The molecule has 5 nitrogen and oxygen atoms in total. The van der Waals surface area contributed by atoms with E-state index in [1.165, 1.54) is 0 Å². The van der Waals surface area contributed by atoms with Gasteiger partial charge >= 0.3 is 0 Å². The van der Waals surface area contributed by atoms with Crippen LogP contribution in [0.2, 0.25) is 0 Å². The van der Waals surface area contributed by atoms with Gasteiger partial charge in [0.15, 0.2) is 0 Å². The smallest absolute Gasteiger partial charge is 0.200 e. The van der Waals surface area contributed by atoms with Crippen LogP contribution >= 0.6 is 0 Å². The normalized spacial score (nSPS) is 10.6. The second kappa shape index (κ2) is 3.76. The number of nitrogens with one attached hydrogen (secondary N) is 2. The second-order valence-corrected chi connectivity index (χ2v) is 3.57. The van der Waals surface area contributed by atoms with Gasteiger partial charge in [-0.15, -0.1) is 0 Å². The fraction of sp³-hybridized carbons (Fsp3) is 0.400. The average molecular weight is 206 g/mol. The Balaban J connectivity index is 2.05. The molecule has 80 valence electrons. The van der Waals surface area contributed by atoms with Crippen molar-refractivity contribution in [3.8, 4) is 0 Å². The maximum atomic E-state index is 5.07. The van der Waals surface area contributed by atoms with Crippen molar-refractivity contribution in [1.29, 1.82) is 0 Å². The van der Waals surface area contributed by atoms with E-state index in [-0.39, 0.29) is 0 Å². The van der Waals surface area contributed by atoms with Crippen molar-refractivity contribution in [3.05, 3.63) is 28.9 Å². The minimum atomic E-state index is 0.675. The van der Waals surface area contributed by atoms with Crippen molar-refractivity contribution < 1.29 is 4.52 Å². The summed E-state index contributed by atoms with van der Waals surface area (Å²) in [5, 5.41) is 7.07. The van der Waals surface area contributed by atoms with Gasteiger partial charge in [0.25, 0.3) is 0 Å². The van der Waals surface area contributed by atoms with Gasteiger partial charge in [0.2, 0.25) is 5.95 Å². The maximum absolute atomic E-state index is 5.07. The lowest BCUT2D eigenvalue weighted by molar-refractivity contribution is 0.392. The van der Waals surface area contributed by atoms with E-state index < -0.39 is 0 Å². The van der Waals surface area contributed by atoms with Crippen LogP contribution in [0.5, 0.6) is 0 Å². The number of imidazole rings is 1. The van der Waals surface area contributed by atoms with Gasteiger partial charge in [0.05, 0.1) is 5.69 Å². The minimum Gasteiger partial charge on any atom is -0.361 e. The molecular weight excluding hydrogens is 192 g/mol. The van der Waals surface area contributed by atoms with E-state index in [4.69, 9.17) is 4.52 Å². The average Bonchev–Trinajstić information content (AvgIpc) is 2.73. The first kappa shape index (κ1) is 9.76. The number of H-pyrrole nitrogens is 1. The number of hydrogen-bond donors (Lipinski definition) is 2. The van der Waals surface area contributed by atoms with Crippen LogP contribution in [0.3, 0.4) is 0 Å². The molecule has 2 N–H and O–H groups in total. The summed E-state index contributed by atoms with van der Waals surface area (Å²) in [6.07, 6.45) is 1.79. The molecule has 0 radical (unpaired) electrons. The first-order valence-electron chi connectivity index (χ1n) is 4.84. The highest BCUT2D eigenvalue weighted by atomic mass is 16.5. The number of hydrogen-bond acceptors (Lipinski definition) is 4. The summed E-state index contributed by atoms with van der Waals surface area (Å²) in [7, 11) is 0. The molecule has 2 heterocycles. The van der Waals surface area contributed by atoms with Crippen LogP contribution in [0.15, 0.2) is 10.7 Å². The summed E-state index contributed by atoms with van der Waals surface area (Å²) < 4.78 is 5.07. The van der Waals surface area contributed by atoms with Crippen molar-refractivity contribution >= 4 is 5.95 Å². The van der Waals surface area contributed by atoms with Gasteiger partial charge in [-0.2, -0.15) is 0 Å². The Kier molecular flexibility index (Phi) is 2.45. The summed E-state index contributed by atoms with van der Waals surface area (Å²) in [4.78, 5) is 7.26. The summed E-state index contributed by atoms with van der Waals surface area (Å²) >= 11 is 0. The Labute approximate surface area is 87.9 Å². The Hall–Kier alpha value is -1.78. The first-order chi connectivity index (χ1) is 7.16. The Morgan fingerprint density at radius 3 is 2.73 bits per heavy atom. The van der Waals surface area contributed by atoms with Crippen LogP contribution < -0.4 is 5.32 Å². The quantitative estimate of drug-likeness (QED) is 0.805. The van der Waals surface area contributed by atoms with Crippen LogP contribution in [0.25, 0.3) is 0 Å². The van der Waals surface area contributed by atoms with Crippen molar-refractivity contribution in [2.45, 2.75) is 27.3 Å². The number of nitrogens with zero attached hydrogens (tertiary/aromatic N) is 2. The van der Waals surface area contributed by atoms with E-state index in [0.29, 0.717) is 6.54 Å². The molecule has 2 rings (SSSR count). The molecule has 0 atom stereocenters. The van der Waals surface area contributed by atoms with Gasteiger partial charge in [0, 0.05) is 24.0 Å². The molecule has 2 aromatic rings. The predicted octanol–water partition coefficient (Wildman–Crippen LogP) is 1.94. The predicted molar refractivity (Wildman–Crippen MR) is 56.6 cm³/mol. The first-order valence-corrected chi connectivity index (χ1v) is 4.84. The van der Waals surface area contributed by atoms with E-state index in [0.717, 1.165) is 28.7 Å². The van der Waals surface area contributed by atoms with Crippen molar-refractivity contribution in [1.82, 2.24) is 15.1 Å². The van der Waals surface area contributed by atoms with Crippen LogP contribution in [-0.4, -0.2) is 15.1 Å². The molecule has 2 aromatic heterocycles. The molecule has 0 fully saturated rings. The molecule has 0 saturated carbocycles. The molecule has 15 heavy (non-hydrogen) atoms. The zero-order valence-electron chi connectivity index (χ0n) is 9.09. The maximum Gasteiger partial charge on any atom is 0.200 e. The van der Waals surface area contributed by atoms with Crippen LogP contribution in [0.1, 0.15) is 22.7 Å². The summed E-state index contributed by atoms with van der Waals surface area (Å²) in [5.74, 6) is 1.62. The highest BCUT2D eigenvalue weighted by Crippen LogP contribution is 2.13. The zero-order valence-corrected chi connectivity index (χ0v) is 9.09. The van der Waals surface area contributed by atoms with E-state index in [1.807, 2.05) is 20.8 Å². The summed E-state index contributed by atoms with van der Waals surface area (Å²) in [6.45, 7) is 6.48. The van der Waals surface area contributed by atoms with Gasteiger partial charge in [-0.25, -0.2) is 4.98 Å². The number of aromatic amines is 1. The fourth-order valence-corrected chi connectivity index (χ4v) is 1.43. The van der Waals surface area contributed by atoms with Crippen LogP contribution in [0.4, 0.5) is 5.95 Å². The number of rotatable bonds is 3. The summed E-state index contributed by atoms with van der Waals surface area (Å²) in [5.41, 5.74) is 3.04. The molecule has 0 amide bonds. The molecular formula is C10H14N4O. The third-order valence-electron chi connectivity index (χ3n) is 2.32. The van der Waals surface area contributed by atoms with Gasteiger partial charge in [-0.05, 0) is 20.8 Å². The molecule has 0 aliphatic rings. The van der Waals surface area contributed by atoms with Gasteiger partial charge in [0.1, 0.15) is 5.76 Å². The lowest BCUT2D eigenvalue weighted by atomic mass is 10.2. The number of aryl methyl sites for hydroxylation is 3. The zero-order chi connectivity index (χ0) is 10.8. The Morgan fingerprint density at radius 2 is 2.20 bits per heavy atom. The number of anilines is 1. The largest absolute Gasteiger partial charge is 0.361 e. The third kappa shape index (κ3) is 2.01. The van der Waals surface area contributed by atoms with Crippen LogP contribution in [0, 0.1) is 20.8 Å². The molecule has 0 saturated heterocycles. The van der Waals surface area contributed by atoms with E-state index in [2.05, 4.69) is 20.4 Å². The molecule has 0 bridgehead atoms. The highest BCUT2D eigenvalue weighted by Gasteiger charge is 2.08. The Morgan fingerprint density at radius 1 is 1.40 bits per heavy atom. The van der Waals surface area contributed by atoms with Crippen LogP contribution in [-0.2, 0) is 6.54 Å². The highest BCUT2D eigenvalue weighted by molar-refractivity contribution is 5.30. The SMILES string of the molecule is Cc1cnc(NCc2c(C)noc2C)[nH]1. The lowest BCUT2D eigenvalue weighted by Crippen LogP contribution is -2.02. The monoisotopic (exact) mass is 206 g/mol. The second-order valence-electron chi connectivity index (χ2n) is 3.57. The van der Waals surface area contributed by atoms with E-state index in [9.17, 15) is 0 Å². The topological polar surface area (TPSA) is 66.7 Å². The standard InChI is InChI=1S/C10H14N4O/c1-6-4-11-10(13-6)12-5-9-7(2)14-15-8(9)3/h4H,5H2,1-3H3,(H2,11,12,13). The van der Waals surface area contributed by atoms with Crippen molar-refractivity contribution in [3.63, 3.8) is 0 Å².